The SMILES string of the molecule is CN(C)Cc1ccc2c(c1)C(CN)N(C1CC1)C2. The molecule has 0 aromatic heterocycles. The van der Waals surface area contributed by atoms with Gasteiger partial charge in [0.25, 0.3) is 0 Å². The molecule has 98 valence electrons. The molecule has 2 aliphatic rings. The van der Waals surface area contributed by atoms with Crippen LogP contribution in [0.1, 0.15) is 35.6 Å². The number of benzene rings is 1. The van der Waals surface area contributed by atoms with E-state index in [4.69, 9.17) is 5.73 Å². The second kappa shape index (κ2) is 4.65. The van der Waals surface area contributed by atoms with Gasteiger partial charge in [-0.1, -0.05) is 18.2 Å². The maximum absolute atomic E-state index is 6.00. The van der Waals surface area contributed by atoms with E-state index in [-0.39, 0.29) is 0 Å². The Balaban J connectivity index is 1.87. The summed E-state index contributed by atoms with van der Waals surface area (Å²) in [6.45, 7) is 2.85. The molecule has 1 aliphatic carbocycles. The summed E-state index contributed by atoms with van der Waals surface area (Å²) in [7, 11) is 4.23. The van der Waals surface area contributed by atoms with Crippen LogP contribution < -0.4 is 5.73 Å². The minimum absolute atomic E-state index is 0.453. The molecule has 3 heteroatoms. The topological polar surface area (TPSA) is 32.5 Å². The molecule has 0 bridgehead atoms. The van der Waals surface area contributed by atoms with E-state index in [9.17, 15) is 0 Å². The molecule has 18 heavy (non-hydrogen) atoms. The molecule has 1 aromatic carbocycles. The Bertz CT molecular complexity index is 437. The van der Waals surface area contributed by atoms with Gasteiger partial charge in [-0.15, -0.1) is 0 Å². The second-order valence-electron chi connectivity index (χ2n) is 5.93. The average Bonchev–Trinajstić information content (AvgIpc) is 3.10. The third kappa shape index (κ3) is 2.18. The maximum atomic E-state index is 6.00. The van der Waals surface area contributed by atoms with E-state index >= 15 is 0 Å². The molecule has 1 aliphatic heterocycles. The highest BCUT2D eigenvalue weighted by atomic mass is 15.2. The molecular weight excluding hydrogens is 222 g/mol. The Kier molecular flexibility index (Phi) is 3.14. The minimum atomic E-state index is 0.453. The first-order chi connectivity index (χ1) is 8.69. The molecule has 1 atom stereocenters. The van der Waals surface area contributed by atoms with Gasteiger partial charge < -0.3 is 10.6 Å². The van der Waals surface area contributed by atoms with Crippen LogP contribution in [0.25, 0.3) is 0 Å². The molecule has 0 spiro atoms. The number of fused-ring (bicyclic) bond motifs is 1. The van der Waals surface area contributed by atoms with Crippen LogP contribution in [0.5, 0.6) is 0 Å². The van der Waals surface area contributed by atoms with Crippen molar-refractivity contribution in [3.63, 3.8) is 0 Å². The van der Waals surface area contributed by atoms with E-state index < -0.39 is 0 Å². The summed E-state index contributed by atoms with van der Waals surface area (Å²) in [5, 5.41) is 0. The first kappa shape index (κ1) is 12.2. The first-order valence-electron chi connectivity index (χ1n) is 6.91. The summed E-state index contributed by atoms with van der Waals surface area (Å²) in [4.78, 5) is 4.82. The van der Waals surface area contributed by atoms with Crippen LogP contribution in [0.3, 0.4) is 0 Å². The predicted octanol–water partition coefficient (Wildman–Crippen LogP) is 1.73. The molecular formula is C15H23N3. The molecule has 1 aromatic rings. The normalized spacial score (nSPS) is 23.7. The van der Waals surface area contributed by atoms with Crippen molar-refractivity contribution < 1.29 is 0 Å². The molecule has 1 unspecified atom stereocenters. The number of hydrogen-bond acceptors (Lipinski definition) is 3. The Morgan fingerprint density at radius 2 is 2.11 bits per heavy atom. The van der Waals surface area contributed by atoms with E-state index in [0.29, 0.717) is 6.04 Å². The van der Waals surface area contributed by atoms with E-state index in [0.717, 1.165) is 25.7 Å². The van der Waals surface area contributed by atoms with Crippen LogP contribution in [0.2, 0.25) is 0 Å². The van der Waals surface area contributed by atoms with Crippen molar-refractivity contribution in [1.29, 1.82) is 0 Å². The van der Waals surface area contributed by atoms with E-state index in [1.165, 1.54) is 29.5 Å². The lowest BCUT2D eigenvalue weighted by Crippen LogP contribution is -2.29. The lowest BCUT2D eigenvalue weighted by Gasteiger charge is -2.23. The molecule has 0 amide bonds. The van der Waals surface area contributed by atoms with Gasteiger partial charge in [-0.05, 0) is 43.6 Å². The van der Waals surface area contributed by atoms with Gasteiger partial charge in [0.1, 0.15) is 0 Å². The van der Waals surface area contributed by atoms with Crippen LogP contribution in [-0.2, 0) is 13.1 Å². The lowest BCUT2D eigenvalue weighted by molar-refractivity contribution is 0.209. The zero-order valence-electron chi connectivity index (χ0n) is 11.4. The summed E-state index contributed by atoms with van der Waals surface area (Å²) >= 11 is 0. The fourth-order valence-electron chi connectivity index (χ4n) is 3.10. The smallest absolute Gasteiger partial charge is 0.0480 e. The monoisotopic (exact) mass is 245 g/mol. The van der Waals surface area contributed by atoms with Crippen LogP contribution in [0.15, 0.2) is 18.2 Å². The van der Waals surface area contributed by atoms with Gasteiger partial charge >= 0.3 is 0 Å². The van der Waals surface area contributed by atoms with Crippen molar-refractivity contribution in [2.75, 3.05) is 20.6 Å². The number of nitrogens with two attached hydrogens (primary N) is 1. The summed E-state index contributed by atoms with van der Waals surface area (Å²) in [5.74, 6) is 0. The van der Waals surface area contributed by atoms with E-state index in [1.54, 1.807) is 0 Å². The molecule has 1 fully saturated rings. The van der Waals surface area contributed by atoms with Crippen molar-refractivity contribution in [2.24, 2.45) is 5.73 Å². The molecule has 3 nitrogen and oxygen atoms in total. The third-order valence-electron chi connectivity index (χ3n) is 4.06. The zero-order valence-corrected chi connectivity index (χ0v) is 11.4. The Morgan fingerprint density at radius 1 is 1.33 bits per heavy atom. The van der Waals surface area contributed by atoms with Crippen LogP contribution >= 0.6 is 0 Å². The number of hydrogen-bond donors (Lipinski definition) is 1. The van der Waals surface area contributed by atoms with Crippen molar-refractivity contribution in [1.82, 2.24) is 9.80 Å². The summed E-state index contributed by atoms with van der Waals surface area (Å²) in [6.07, 6.45) is 2.71. The fraction of sp³-hybridized carbons (Fsp3) is 0.600. The predicted molar refractivity (Wildman–Crippen MR) is 74.2 cm³/mol. The van der Waals surface area contributed by atoms with Crippen molar-refractivity contribution >= 4 is 0 Å². The second-order valence-corrected chi connectivity index (χ2v) is 5.93. The summed E-state index contributed by atoms with van der Waals surface area (Å²) in [5.41, 5.74) is 10.4. The Hall–Kier alpha value is -0.900. The third-order valence-corrected chi connectivity index (χ3v) is 4.06. The first-order valence-corrected chi connectivity index (χ1v) is 6.91. The molecule has 3 rings (SSSR count). The molecule has 1 saturated carbocycles. The fourth-order valence-corrected chi connectivity index (χ4v) is 3.10. The zero-order chi connectivity index (χ0) is 12.7. The average molecular weight is 245 g/mol. The summed E-state index contributed by atoms with van der Waals surface area (Å²) in [6, 6.07) is 8.19. The molecule has 1 heterocycles. The Labute approximate surface area is 110 Å². The standard InChI is InChI=1S/C15H23N3/c1-17(2)9-11-3-4-12-10-18(13-5-6-13)15(8-16)14(12)7-11/h3-4,7,13,15H,5-6,8-10,16H2,1-2H3. The van der Waals surface area contributed by atoms with Gasteiger partial charge in [0, 0.05) is 31.7 Å². The van der Waals surface area contributed by atoms with Gasteiger partial charge in [0.05, 0.1) is 0 Å². The quantitative estimate of drug-likeness (QED) is 0.877. The largest absolute Gasteiger partial charge is 0.329 e. The molecule has 0 radical (unpaired) electrons. The highest BCUT2D eigenvalue weighted by Gasteiger charge is 2.38. The van der Waals surface area contributed by atoms with Crippen molar-refractivity contribution in [2.45, 2.75) is 38.0 Å². The van der Waals surface area contributed by atoms with Gasteiger partial charge in [-0.25, -0.2) is 0 Å². The number of rotatable bonds is 4. The van der Waals surface area contributed by atoms with Gasteiger partial charge in [0.15, 0.2) is 0 Å². The van der Waals surface area contributed by atoms with Gasteiger partial charge in [-0.2, -0.15) is 0 Å². The Morgan fingerprint density at radius 3 is 2.72 bits per heavy atom. The van der Waals surface area contributed by atoms with Crippen molar-refractivity contribution in [3.05, 3.63) is 34.9 Å². The minimum Gasteiger partial charge on any atom is -0.329 e. The van der Waals surface area contributed by atoms with Crippen LogP contribution in [0, 0.1) is 0 Å². The molecule has 0 saturated heterocycles. The van der Waals surface area contributed by atoms with Gasteiger partial charge in [0.2, 0.25) is 0 Å². The van der Waals surface area contributed by atoms with E-state index in [2.05, 4.69) is 42.1 Å². The van der Waals surface area contributed by atoms with Crippen LogP contribution in [0.4, 0.5) is 0 Å². The van der Waals surface area contributed by atoms with Crippen molar-refractivity contribution in [3.8, 4) is 0 Å². The van der Waals surface area contributed by atoms with Crippen LogP contribution in [-0.4, -0.2) is 36.5 Å². The summed E-state index contributed by atoms with van der Waals surface area (Å²) < 4.78 is 0. The van der Waals surface area contributed by atoms with E-state index in [1.807, 2.05) is 0 Å². The lowest BCUT2D eigenvalue weighted by atomic mass is 10.0. The van der Waals surface area contributed by atoms with Gasteiger partial charge in [-0.3, -0.25) is 4.90 Å². The highest BCUT2D eigenvalue weighted by Crippen LogP contribution is 2.41. The number of nitrogens with zero attached hydrogens (tertiary/aromatic N) is 2. The highest BCUT2D eigenvalue weighted by molar-refractivity contribution is 5.38. The molecule has 2 N–H and O–H groups in total. The maximum Gasteiger partial charge on any atom is 0.0480 e.